The molecule has 2 amide bonds. The molecule has 1 saturated heterocycles. The van der Waals surface area contributed by atoms with Crippen molar-refractivity contribution >= 4 is 22.7 Å². The van der Waals surface area contributed by atoms with Gasteiger partial charge >= 0.3 is 0 Å². The summed E-state index contributed by atoms with van der Waals surface area (Å²) >= 11 is 0. The fourth-order valence-electron chi connectivity index (χ4n) is 4.27. The van der Waals surface area contributed by atoms with Gasteiger partial charge in [-0.3, -0.25) is 14.3 Å². The number of hydrogen-bond donors (Lipinski definition) is 4. The number of amides is 2. The molecule has 8 nitrogen and oxygen atoms in total. The van der Waals surface area contributed by atoms with Crippen molar-refractivity contribution in [2.24, 2.45) is 11.8 Å². The quantitative estimate of drug-likeness (QED) is 0.525. The molecule has 8 heteroatoms. The molecule has 2 fully saturated rings. The molecule has 3 heterocycles. The molecule has 3 aromatic rings. The zero-order valence-electron chi connectivity index (χ0n) is 15.5. The molecular formula is C20H22N6O2. The van der Waals surface area contributed by atoms with Crippen LogP contribution in [-0.4, -0.2) is 52.8 Å². The van der Waals surface area contributed by atoms with Crippen LogP contribution in [0.15, 0.2) is 36.5 Å². The fourth-order valence-corrected chi connectivity index (χ4v) is 4.27. The minimum Gasteiger partial charge on any atom is -0.361 e. The molecule has 3 atom stereocenters. The van der Waals surface area contributed by atoms with Crippen LogP contribution >= 0.6 is 0 Å². The zero-order chi connectivity index (χ0) is 19.3. The molecule has 5 rings (SSSR count). The summed E-state index contributed by atoms with van der Waals surface area (Å²) < 4.78 is 1.62. The molecule has 4 N–H and O–H groups in total. The third kappa shape index (κ3) is 2.77. The molecule has 1 saturated carbocycles. The van der Waals surface area contributed by atoms with Gasteiger partial charge in [0.15, 0.2) is 5.69 Å². The number of hydrogen-bond acceptors (Lipinski definition) is 4. The Kier molecular flexibility index (Phi) is 3.94. The number of piperidine rings is 1. The monoisotopic (exact) mass is 378 g/mol. The average Bonchev–Trinajstić information content (AvgIpc) is 3.22. The third-order valence-corrected chi connectivity index (χ3v) is 5.87. The molecule has 1 aliphatic heterocycles. The van der Waals surface area contributed by atoms with E-state index in [0.29, 0.717) is 24.1 Å². The summed E-state index contributed by atoms with van der Waals surface area (Å²) in [6, 6.07) is 9.78. The summed E-state index contributed by atoms with van der Waals surface area (Å²) in [7, 11) is 1.56. The van der Waals surface area contributed by atoms with Gasteiger partial charge in [0.2, 0.25) is 0 Å². The lowest BCUT2D eigenvalue weighted by atomic mass is 10.1. The number of aromatic nitrogens is 3. The van der Waals surface area contributed by atoms with E-state index in [0.717, 1.165) is 29.6 Å². The van der Waals surface area contributed by atoms with Gasteiger partial charge in [-0.25, -0.2) is 0 Å². The van der Waals surface area contributed by atoms with Gasteiger partial charge in [-0.05, 0) is 29.5 Å². The van der Waals surface area contributed by atoms with Crippen molar-refractivity contribution in [1.82, 2.24) is 30.7 Å². The molecule has 1 aliphatic carbocycles. The first-order valence-electron chi connectivity index (χ1n) is 9.52. The van der Waals surface area contributed by atoms with Crippen molar-refractivity contribution in [2.45, 2.75) is 12.6 Å². The second-order valence-electron chi connectivity index (χ2n) is 7.49. The van der Waals surface area contributed by atoms with Crippen LogP contribution in [0.1, 0.15) is 26.5 Å². The molecule has 1 aromatic carbocycles. The van der Waals surface area contributed by atoms with E-state index in [2.05, 4.69) is 26.0 Å². The number of benzene rings is 1. The average molecular weight is 378 g/mol. The maximum atomic E-state index is 12.9. The van der Waals surface area contributed by atoms with Crippen molar-refractivity contribution in [3.8, 4) is 0 Å². The lowest BCUT2D eigenvalue weighted by Gasteiger charge is -2.10. The molecule has 2 aromatic heterocycles. The minimum atomic E-state index is -0.305. The normalized spacial score (nSPS) is 22.8. The maximum Gasteiger partial charge on any atom is 0.271 e. The Hall–Kier alpha value is -3.13. The van der Waals surface area contributed by atoms with Gasteiger partial charge in [0.1, 0.15) is 5.69 Å². The number of fused-ring (bicyclic) bond motifs is 2. The van der Waals surface area contributed by atoms with Crippen molar-refractivity contribution in [2.75, 3.05) is 20.1 Å². The summed E-state index contributed by atoms with van der Waals surface area (Å²) in [4.78, 5) is 28.2. The van der Waals surface area contributed by atoms with Crippen molar-refractivity contribution in [1.29, 1.82) is 0 Å². The first-order valence-corrected chi connectivity index (χ1v) is 9.52. The summed E-state index contributed by atoms with van der Waals surface area (Å²) in [6.45, 7) is 2.32. The van der Waals surface area contributed by atoms with Crippen molar-refractivity contribution < 1.29 is 9.59 Å². The van der Waals surface area contributed by atoms with E-state index in [4.69, 9.17) is 0 Å². The highest BCUT2D eigenvalue weighted by molar-refractivity contribution is 5.98. The molecule has 0 bridgehead atoms. The molecule has 2 aliphatic rings. The number of nitrogens with zero attached hydrogens (tertiary/aromatic N) is 2. The SMILES string of the molecule is CNC(=O)c1cc(C(=O)NC2[C@H]3CNC[C@@H]23)n(Cc2cccc3[nH]ccc23)n1. The van der Waals surface area contributed by atoms with E-state index in [9.17, 15) is 9.59 Å². The Morgan fingerprint density at radius 1 is 1.21 bits per heavy atom. The topological polar surface area (TPSA) is 104 Å². The van der Waals surface area contributed by atoms with Crippen molar-refractivity contribution in [3.63, 3.8) is 0 Å². The lowest BCUT2D eigenvalue weighted by Crippen LogP contribution is -2.33. The van der Waals surface area contributed by atoms with Crippen molar-refractivity contribution in [3.05, 3.63) is 53.5 Å². The highest BCUT2D eigenvalue weighted by Gasteiger charge is 2.53. The van der Waals surface area contributed by atoms with E-state index in [1.807, 2.05) is 30.5 Å². The Morgan fingerprint density at radius 2 is 2.04 bits per heavy atom. The van der Waals surface area contributed by atoms with E-state index >= 15 is 0 Å². The van der Waals surface area contributed by atoms with Crippen LogP contribution in [0.5, 0.6) is 0 Å². The first kappa shape index (κ1) is 17.0. The van der Waals surface area contributed by atoms with E-state index in [-0.39, 0.29) is 23.6 Å². The zero-order valence-corrected chi connectivity index (χ0v) is 15.5. The van der Waals surface area contributed by atoms with Gasteiger partial charge < -0.3 is 20.9 Å². The summed E-state index contributed by atoms with van der Waals surface area (Å²) in [6.07, 6.45) is 1.89. The van der Waals surface area contributed by atoms with Gasteiger partial charge in [-0.1, -0.05) is 12.1 Å². The Bertz CT molecular complexity index is 1060. The predicted octanol–water partition coefficient (Wildman–Crippen LogP) is 0.720. The number of carbonyl (C=O) groups is 2. The summed E-state index contributed by atoms with van der Waals surface area (Å²) in [5.74, 6) is 0.558. The molecule has 0 spiro atoms. The predicted molar refractivity (Wildman–Crippen MR) is 104 cm³/mol. The van der Waals surface area contributed by atoms with Gasteiger partial charge in [0.05, 0.1) is 6.54 Å². The summed E-state index contributed by atoms with van der Waals surface area (Å²) in [5, 5.41) is 14.5. The molecular weight excluding hydrogens is 356 g/mol. The smallest absolute Gasteiger partial charge is 0.271 e. The molecule has 144 valence electrons. The second kappa shape index (κ2) is 6.49. The Balaban J connectivity index is 1.45. The number of carbonyl (C=O) groups excluding carboxylic acids is 2. The van der Waals surface area contributed by atoms with Gasteiger partial charge in [0, 0.05) is 49.3 Å². The Labute approximate surface area is 161 Å². The minimum absolute atomic E-state index is 0.178. The largest absolute Gasteiger partial charge is 0.361 e. The number of nitrogens with one attached hydrogen (secondary N) is 4. The molecule has 28 heavy (non-hydrogen) atoms. The first-order chi connectivity index (χ1) is 13.7. The number of aromatic amines is 1. The van der Waals surface area contributed by atoms with Crippen LogP contribution in [0.2, 0.25) is 0 Å². The van der Waals surface area contributed by atoms with E-state index < -0.39 is 0 Å². The van der Waals surface area contributed by atoms with E-state index in [1.165, 1.54) is 0 Å². The van der Waals surface area contributed by atoms with Crippen LogP contribution in [-0.2, 0) is 6.54 Å². The number of H-pyrrole nitrogens is 1. The lowest BCUT2D eigenvalue weighted by molar-refractivity contribution is 0.0933. The summed E-state index contributed by atoms with van der Waals surface area (Å²) in [5.41, 5.74) is 2.71. The van der Waals surface area contributed by atoms with Gasteiger partial charge in [-0.15, -0.1) is 0 Å². The van der Waals surface area contributed by atoms with Crippen LogP contribution in [0.3, 0.4) is 0 Å². The number of rotatable bonds is 5. The fraction of sp³-hybridized carbons (Fsp3) is 0.350. The maximum absolute atomic E-state index is 12.9. The third-order valence-electron chi connectivity index (χ3n) is 5.87. The van der Waals surface area contributed by atoms with Crippen LogP contribution in [0.25, 0.3) is 10.9 Å². The van der Waals surface area contributed by atoms with Crippen LogP contribution in [0.4, 0.5) is 0 Å². The molecule has 1 unspecified atom stereocenters. The standard InChI is InChI=1S/C20H22N6O2/c1-21-19(27)16-7-17(20(28)24-18-13-8-22-9-14(13)18)26(25-16)10-11-3-2-4-15-12(11)5-6-23-15/h2-7,13-14,18,22-23H,8-10H2,1H3,(H,21,27)(H,24,28)/t13-,14+,18?. The Morgan fingerprint density at radius 3 is 2.82 bits per heavy atom. The van der Waals surface area contributed by atoms with Crippen LogP contribution in [0, 0.1) is 11.8 Å². The highest BCUT2D eigenvalue weighted by Crippen LogP contribution is 2.41. The van der Waals surface area contributed by atoms with Gasteiger partial charge in [0.25, 0.3) is 11.8 Å². The van der Waals surface area contributed by atoms with Crippen LogP contribution < -0.4 is 16.0 Å². The second-order valence-corrected chi connectivity index (χ2v) is 7.49. The molecule has 0 radical (unpaired) electrons. The highest BCUT2D eigenvalue weighted by atomic mass is 16.2. The van der Waals surface area contributed by atoms with E-state index in [1.54, 1.807) is 17.8 Å². The van der Waals surface area contributed by atoms with Gasteiger partial charge in [-0.2, -0.15) is 5.10 Å².